The first-order valence-corrected chi connectivity index (χ1v) is 4.46. The highest BCUT2D eigenvalue weighted by molar-refractivity contribution is 5.88. The molecule has 0 spiro atoms. The van der Waals surface area contributed by atoms with Crippen molar-refractivity contribution in [3.63, 3.8) is 0 Å². The van der Waals surface area contributed by atoms with Gasteiger partial charge in [-0.3, -0.25) is 4.68 Å². The average molecular weight is 206 g/mol. The van der Waals surface area contributed by atoms with Crippen molar-refractivity contribution in [2.45, 2.75) is 13.5 Å². The van der Waals surface area contributed by atoms with Crippen molar-refractivity contribution in [3.05, 3.63) is 41.6 Å². The first-order chi connectivity index (χ1) is 7.16. The zero-order chi connectivity index (χ0) is 10.8. The maximum atomic E-state index is 10.8. The lowest BCUT2D eigenvalue weighted by atomic mass is 10.2. The molecule has 0 bridgehead atoms. The Kier molecular flexibility index (Phi) is 2.29. The summed E-state index contributed by atoms with van der Waals surface area (Å²) in [5.74, 6) is -0.576. The van der Waals surface area contributed by atoms with Crippen LogP contribution in [0.4, 0.5) is 0 Å². The van der Waals surface area contributed by atoms with Crippen molar-refractivity contribution in [3.8, 4) is 0 Å². The fraction of sp³-hybridized carbons (Fsp3) is 0.200. The summed E-state index contributed by atoms with van der Waals surface area (Å²) in [4.78, 5) is 10.8. The molecule has 0 fully saturated rings. The summed E-state index contributed by atoms with van der Waals surface area (Å²) in [5.41, 5.74) is 1.07. The van der Waals surface area contributed by atoms with Crippen LogP contribution < -0.4 is 0 Å². The quantitative estimate of drug-likeness (QED) is 0.826. The minimum Gasteiger partial charge on any atom is -0.478 e. The van der Waals surface area contributed by atoms with Crippen LogP contribution in [0.2, 0.25) is 0 Å². The van der Waals surface area contributed by atoms with Gasteiger partial charge in [-0.15, -0.1) is 0 Å². The summed E-state index contributed by atoms with van der Waals surface area (Å²) >= 11 is 0. The Morgan fingerprint density at radius 1 is 1.60 bits per heavy atom. The fourth-order valence-corrected chi connectivity index (χ4v) is 1.35. The predicted octanol–water partition coefficient (Wildman–Crippen LogP) is 1.53. The summed E-state index contributed by atoms with van der Waals surface area (Å²) < 4.78 is 6.74. The number of furan rings is 1. The Labute approximate surface area is 85.9 Å². The first-order valence-electron chi connectivity index (χ1n) is 4.46. The van der Waals surface area contributed by atoms with Gasteiger partial charge in [0.05, 0.1) is 18.5 Å². The molecule has 0 aromatic carbocycles. The lowest BCUT2D eigenvalue weighted by molar-refractivity contribution is 0.0694. The van der Waals surface area contributed by atoms with Gasteiger partial charge in [0.2, 0.25) is 0 Å². The fourth-order valence-electron chi connectivity index (χ4n) is 1.35. The molecular formula is C10H10N2O3. The van der Waals surface area contributed by atoms with Crippen LogP contribution in [-0.2, 0) is 6.54 Å². The van der Waals surface area contributed by atoms with Crippen molar-refractivity contribution >= 4 is 5.97 Å². The van der Waals surface area contributed by atoms with E-state index in [0.29, 0.717) is 12.3 Å². The van der Waals surface area contributed by atoms with Crippen molar-refractivity contribution in [1.29, 1.82) is 0 Å². The number of hydrogen-bond donors (Lipinski definition) is 1. The largest absolute Gasteiger partial charge is 0.478 e. The normalized spacial score (nSPS) is 10.5. The molecule has 0 radical (unpaired) electrons. The molecule has 0 aliphatic heterocycles. The van der Waals surface area contributed by atoms with Crippen molar-refractivity contribution in [1.82, 2.24) is 9.78 Å². The molecule has 1 N–H and O–H groups in total. The van der Waals surface area contributed by atoms with E-state index in [2.05, 4.69) is 5.10 Å². The molecular weight excluding hydrogens is 196 g/mol. The molecule has 0 unspecified atom stereocenters. The number of aromatic carboxylic acids is 1. The summed E-state index contributed by atoms with van der Waals surface area (Å²) in [5, 5.41) is 13.0. The highest BCUT2D eigenvalue weighted by atomic mass is 16.4. The lowest BCUT2D eigenvalue weighted by Gasteiger charge is -1.99. The standard InChI is InChI=1S/C10H10N2O3/c1-7-2-4-12(11-7)6-9-8(10(13)14)3-5-15-9/h2-5H,6H2,1H3,(H,13,14). The second kappa shape index (κ2) is 3.61. The second-order valence-electron chi connectivity index (χ2n) is 3.22. The number of rotatable bonds is 3. The minimum atomic E-state index is -0.984. The molecule has 0 aliphatic carbocycles. The molecule has 0 saturated heterocycles. The van der Waals surface area contributed by atoms with Gasteiger partial charge in [0.15, 0.2) is 0 Å². The van der Waals surface area contributed by atoms with E-state index in [1.54, 1.807) is 10.9 Å². The molecule has 2 aromatic heterocycles. The van der Waals surface area contributed by atoms with Crippen LogP contribution in [0.1, 0.15) is 21.8 Å². The molecule has 78 valence electrons. The number of carboxylic acid groups (broad SMARTS) is 1. The average Bonchev–Trinajstić information content (AvgIpc) is 2.75. The van der Waals surface area contributed by atoms with Gasteiger partial charge < -0.3 is 9.52 Å². The Bertz CT molecular complexity index is 484. The number of aryl methyl sites for hydroxylation is 1. The van der Waals surface area contributed by atoms with Crippen LogP contribution in [-0.4, -0.2) is 20.9 Å². The van der Waals surface area contributed by atoms with E-state index in [-0.39, 0.29) is 5.56 Å². The van der Waals surface area contributed by atoms with E-state index in [0.717, 1.165) is 5.69 Å². The highest BCUT2D eigenvalue weighted by Gasteiger charge is 2.13. The Balaban J connectivity index is 2.24. The molecule has 0 saturated carbocycles. The molecule has 2 heterocycles. The van der Waals surface area contributed by atoms with E-state index in [1.165, 1.54) is 12.3 Å². The van der Waals surface area contributed by atoms with Crippen molar-refractivity contribution in [2.75, 3.05) is 0 Å². The van der Waals surface area contributed by atoms with Crippen molar-refractivity contribution < 1.29 is 14.3 Å². The smallest absolute Gasteiger partial charge is 0.339 e. The molecule has 0 atom stereocenters. The molecule has 0 amide bonds. The van der Waals surface area contributed by atoms with Gasteiger partial charge in [-0.2, -0.15) is 5.10 Å². The Morgan fingerprint density at radius 2 is 2.40 bits per heavy atom. The Morgan fingerprint density at radius 3 is 3.00 bits per heavy atom. The van der Waals surface area contributed by atoms with E-state index in [1.807, 2.05) is 13.0 Å². The van der Waals surface area contributed by atoms with Crippen molar-refractivity contribution in [2.24, 2.45) is 0 Å². The molecule has 15 heavy (non-hydrogen) atoms. The maximum absolute atomic E-state index is 10.8. The highest BCUT2D eigenvalue weighted by Crippen LogP contribution is 2.12. The zero-order valence-corrected chi connectivity index (χ0v) is 8.17. The van der Waals surface area contributed by atoms with Gasteiger partial charge in [-0.1, -0.05) is 0 Å². The van der Waals surface area contributed by atoms with E-state index in [4.69, 9.17) is 9.52 Å². The van der Waals surface area contributed by atoms with E-state index < -0.39 is 5.97 Å². The number of aromatic nitrogens is 2. The van der Waals surface area contributed by atoms with E-state index >= 15 is 0 Å². The first kappa shape index (κ1) is 9.51. The third-order valence-corrected chi connectivity index (χ3v) is 2.06. The van der Waals surface area contributed by atoms with Gasteiger partial charge in [0, 0.05) is 6.20 Å². The number of carboxylic acids is 1. The molecule has 0 aliphatic rings. The molecule has 2 rings (SSSR count). The summed E-state index contributed by atoms with van der Waals surface area (Å²) in [7, 11) is 0. The summed E-state index contributed by atoms with van der Waals surface area (Å²) in [6.45, 7) is 2.21. The maximum Gasteiger partial charge on any atom is 0.339 e. The summed E-state index contributed by atoms with van der Waals surface area (Å²) in [6.07, 6.45) is 3.15. The third kappa shape index (κ3) is 1.90. The third-order valence-electron chi connectivity index (χ3n) is 2.06. The minimum absolute atomic E-state index is 0.183. The second-order valence-corrected chi connectivity index (χ2v) is 3.22. The number of nitrogens with zero attached hydrogens (tertiary/aromatic N) is 2. The van der Waals surface area contributed by atoms with Gasteiger partial charge in [0.25, 0.3) is 0 Å². The Hall–Kier alpha value is -2.04. The number of hydrogen-bond acceptors (Lipinski definition) is 3. The van der Waals surface area contributed by atoms with Crippen LogP contribution in [0.3, 0.4) is 0 Å². The summed E-state index contributed by atoms with van der Waals surface area (Å²) in [6, 6.07) is 3.29. The van der Waals surface area contributed by atoms with Crippen LogP contribution in [0.5, 0.6) is 0 Å². The topological polar surface area (TPSA) is 68.3 Å². The van der Waals surface area contributed by atoms with Gasteiger partial charge in [-0.25, -0.2) is 4.79 Å². The lowest BCUT2D eigenvalue weighted by Crippen LogP contribution is -2.05. The number of carbonyl (C=O) groups is 1. The predicted molar refractivity (Wildman–Crippen MR) is 51.7 cm³/mol. The van der Waals surface area contributed by atoms with Crippen LogP contribution in [0, 0.1) is 6.92 Å². The van der Waals surface area contributed by atoms with Gasteiger partial charge >= 0.3 is 5.97 Å². The van der Waals surface area contributed by atoms with Crippen LogP contribution in [0.15, 0.2) is 29.0 Å². The molecule has 5 nitrogen and oxygen atoms in total. The monoisotopic (exact) mass is 206 g/mol. The zero-order valence-electron chi connectivity index (χ0n) is 8.17. The van der Waals surface area contributed by atoms with Gasteiger partial charge in [-0.05, 0) is 19.1 Å². The van der Waals surface area contributed by atoms with Crippen LogP contribution in [0.25, 0.3) is 0 Å². The van der Waals surface area contributed by atoms with E-state index in [9.17, 15) is 4.79 Å². The van der Waals surface area contributed by atoms with Crippen LogP contribution >= 0.6 is 0 Å². The SMILES string of the molecule is Cc1ccn(Cc2occc2C(=O)O)n1. The molecule has 5 heteroatoms. The molecule has 2 aromatic rings. The van der Waals surface area contributed by atoms with Gasteiger partial charge in [0.1, 0.15) is 11.3 Å².